The van der Waals surface area contributed by atoms with Gasteiger partial charge in [0.1, 0.15) is 5.75 Å². The van der Waals surface area contributed by atoms with Gasteiger partial charge >= 0.3 is 12.6 Å². The van der Waals surface area contributed by atoms with Gasteiger partial charge in [0, 0.05) is 5.69 Å². The van der Waals surface area contributed by atoms with E-state index < -0.39 is 24.6 Å². The first-order valence-corrected chi connectivity index (χ1v) is 8.04. The molecule has 26 heavy (non-hydrogen) atoms. The zero-order chi connectivity index (χ0) is 19.3. The fraction of sp³-hybridized carbons (Fsp3) is 0.176. The molecule has 0 saturated carbocycles. The zero-order valence-corrected chi connectivity index (χ0v) is 14.9. The SMILES string of the molecule is C[C@H](OC(=O)c1ccccc1Cl)C(=O)Nc1ccc(OC(F)F)c(Cl)c1. The van der Waals surface area contributed by atoms with Crippen LogP contribution in [-0.4, -0.2) is 24.6 Å². The molecule has 0 fully saturated rings. The number of hydrogen-bond acceptors (Lipinski definition) is 4. The Morgan fingerprint density at radius 2 is 1.77 bits per heavy atom. The van der Waals surface area contributed by atoms with Gasteiger partial charge in [-0.2, -0.15) is 8.78 Å². The van der Waals surface area contributed by atoms with Crippen LogP contribution in [0.3, 0.4) is 0 Å². The number of carbonyl (C=O) groups excluding carboxylic acids is 2. The van der Waals surface area contributed by atoms with E-state index in [0.29, 0.717) is 0 Å². The molecule has 0 unspecified atom stereocenters. The van der Waals surface area contributed by atoms with Crippen LogP contribution in [0.5, 0.6) is 5.75 Å². The van der Waals surface area contributed by atoms with E-state index in [1.807, 2.05) is 0 Å². The Morgan fingerprint density at radius 3 is 2.38 bits per heavy atom. The second kappa shape index (κ2) is 8.82. The van der Waals surface area contributed by atoms with Crippen LogP contribution in [0, 0.1) is 0 Å². The van der Waals surface area contributed by atoms with Gasteiger partial charge in [0.05, 0.1) is 15.6 Å². The minimum Gasteiger partial charge on any atom is -0.449 e. The molecule has 5 nitrogen and oxygen atoms in total. The van der Waals surface area contributed by atoms with Crippen molar-refractivity contribution in [2.45, 2.75) is 19.6 Å². The minimum atomic E-state index is -3.02. The van der Waals surface area contributed by atoms with Crippen LogP contribution in [0.15, 0.2) is 42.5 Å². The van der Waals surface area contributed by atoms with E-state index in [0.717, 1.165) is 0 Å². The molecule has 0 aliphatic rings. The first-order chi connectivity index (χ1) is 12.3. The number of esters is 1. The third-order valence-electron chi connectivity index (χ3n) is 3.16. The number of ether oxygens (including phenoxy) is 2. The lowest BCUT2D eigenvalue weighted by molar-refractivity contribution is -0.123. The predicted molar refractivity (Wildman–Crippen MR) is 93.0 cm³/mol. The van der Waals surface area contributed by atoms with Gasteiger partial charge in [-0.1, -0.05) is 35.3 Å². The van der Waals surface area contributed by atoms with Crippen molar-refractivity contribution < 1.29 is 27.8 Å². The molecule has 0 aliphatic heterocycles. The first-order valence-electron chi connectivity index (χ1n) is 7.28. The molecule has 0 saturated heterocycles. The quantitative estimate of drug-likeness (QED) is 0.704. The molecule has 1 N–H and O–H groups in total. The van der Waals surface area contributed by atoms with Gasteiger partial charge in [-0.05, 0) is 37.3 Å². The Bertz CT molecular complexity index is 817. The maximum atomic E-state index is 12.2. The lowest BCUT2D eigenvalue weighted by Crippen LogP contribution is -2.30. The second-order valence-corrected chi connectivity index (χ2v) is 5.85. The summed E-state index contributed by atoms with van der Waals surface area (Å²) < 4.78 is 33.7. The number of amides is 1. The van der Waals surface area contributed by atoms with Crippen molar-refractivity contribution in [1.82, 2.24) is 0 Å². The Kier molecular flexibility index (Phi) is 6.76. The minimum absolute atomic E-state index is 0.108. The molecule has 2 aromatic carbocycles. The summed E-state index contributed by atoms with van der Waals surface area (Å²) in [6.07, 6.45) is -1.13. The highest BCUT2D eigenvalue weighted by atomic mass is 35.5. The monoisotopic (exact) mass is 403 g/mol. The molecule has 138 valence electrons. The van der Waals surface area contributed by atoms with Crippen molar-refractivity contribution in [3.8, 4) is 5.75 Å². The van der Waals surface area contributed by atoms with Crippen LogP contribution in [-0.2, 0) is 9.53 Å². The molecule has 0 heterocycles. The molecular weight excluding hydrogens is 391 g/mol. The molecule has 2 rings (SSSR count). The second-order valence-electron chi connectivity index (χ2n) is 5.04. The average Bonchev–Trinajstić information content (AvgIpc) is 2.57. The Morgan fingerprint density at radius 1 is 1.08 bits per heavy atom. The van der Waals surface area contributed by atoms with Crippen molar-refractivity contribution in [2.24, 2.45) is 0 Å². The molecule has 9 heteroatoms. The Labute approximate surface area is 157 Å². The maximum absolute atomic E-state index is 12.2. The molecule has 1 atom stereocenters. The molecule has 0 aromatic heterocycles. The molecule has 1 amide bonds. The fourth-order valence-electron chi connectivity index (χ4n) is 1.92. The van der Waals surface area contributed by atoms with Crippen LogP contribution in [0.1, 0.15) is 17.3 Å². The summed E-state index contributed by atoms with van der Waals surface area (Å²) in [6, 6.07) is 10.00. The van der Waals surface area contributed by atoms with Gasteiger partial charge in [-0.15, -0.1) is 0 Å². The highest BCUT2D eigenvalue weighted by Gasteiger charge is 2.21. The van der Waals surface area contributed by atoms with Crippen molar-refractivity contribution in [1.29, 1.82) is 0 Å². The highest BCUT2D eigenvalue weighted by molar-refractivity contribution is 6.33. The summed E-state index contributed by atoms with van der Waals surface area (Å²) >= 11 is 11.7. The third-order valence-corrected chi connectivity index (χ3v) is 3.79. The topological polar surface area (TPSA) is 64.6 Å². The molecule has 0 radical (unpaired) electrons. The number of rotatable bonds is 6. The molecule has 0 aliphatic carbocycles. The van der Waals surface area contributed by atoms with Crippen LogP contribution in [0.25, 0.3) is 0 Å². The number of benzene rings is 2. The Hall–Kier alpha value is -2.38. The molecule has 0 bridgehead atoms. The van der Waals surface area contributed by atoms with Gasteiger partial charge in [-0.3, -0.25) is 4.79 Å². The summed E-state index contributed by atoms with van der Waals surface area (Å²) in [4.78, 5) is 24.2. The number of hydrogen-bond donors (Lipinski definition) is 1. The van der Waals surface area contributed by atoms with Gasteiger partial charge in [0.15, 0.2) is 6.10 Å². The number of halogens is 4. The normalized spacial score (nSPS) is 11.8. The predicted octanol–water partition coefficient (Wildman–Crippen LogP) is 4.78. The van der Waals surface area contributed by atoms with Crippen molar-refractivity contribution in [3.63, 3.8) is 0 Å². The fourth-order valence-corrected chi connectivity index (χ4v) is 2.36. The molecule has 2 aromatic rings. The standard InChI is InChI=1S/C17H13Cl2F2NO4/c1-9(25-16(24)11-4-2-3-5-12(11)18)15(23)22-10-6-7-14(13(19)8-10)26-17(20)21/h2-9,17H,1H3,(H,22,23)/t9-/m0/s1. The van der Waals surface area contributed by atoms with Crippen molar-refractivity contribution >= 4 is 40.8 Å². The lowest BCUT2D eigenvalue weighted by Gasteiger charge is -2.15. The van der Waals surface area contributed by atoms with Crippen LogP contribution in [0.2, 0.25) is 10.0 Å². The number of nitrogens with one attached hydrogen (secondary N) is 1. The summed E-state index contributed by atoms with van der Waals surface area (Å²) in [5.41, 5.74) is 0.354. The number of carbonyl (C=O) groups is 2. The van der Waals surface area contributed by atoms with Gasteiger partial charge in [-0.25, -0.2) is 4.79 Å². The van der Waals surface area contributed by atoms with E-state index in [2.05, 4.69) is 10.1 Å². The van der Waals surface area contributed by atoms with Crippen molar-refractivity contribution in [2.75, 3.05) is 5.32 Å². The number of anilines is 1. The van der Waals surface area contributed by atoms with E-state index in [9.17, 15) is 18.4 Å². The summed E-state index contributed by atoms with van der Waals surface area (Å²) in [5, 5.41) is 2.55. The first kappa shape index (κ1) is 19.9. The van der Waals surface area contributed by atoms with E-state index >= 15 is 0 Å². The maximum Gasteiger partial charge on any atom is 0.387 e. The van der Waals surface area contributed by atoms with Crippen LogP contribution in [0.4, 0.5) is 14.5 Å². The highest BCUT2D eigenvalue weighted by Crippen LogP contribution is 2.29. The van der Waals surface area contributed by atoms with Crippen LogP contribution >= 0.6 is 23.2 Å². The van der Waals surface area contributed by atoms with Crippen molar-refractivity contribution in [3.05, 3.63) is 58.1 Å². The lowest BCUT2D eigenvalue weighted by atomic mass is 10.2. The van der Waals surface area contributed by atoms with Gasteiger partial charge in [0.2, 0.25) is 0 Å². The average molecular weight is 404 g/mol. The smallest absolute Gasteiger partial charge is 0.387 e. The van der Waals surface area contributed by atoms with E-state index in [1.165, 1.54) is 37.3 Å². The van der Waals surface area contributed by atoms with Crippen LogP contribution < -0.4 is 10.1 Å². The number of alkyl halides is 2. The zero-order valence-electron chi connectivity index (χ0n) is 13.3. The van der Waals surface area contributed by atoms with E-state index in [4.69, 9.17) is 27.9 Å². The summed E-state index contributed by atoms with van der Waals surface area (Å²) in [6.45, 7) is -1.64. The third kappa shape index (κ3) is 5.31. The largest absolute Gasteiger partial charge is 0.449 e. The van der Waals surface area contributed by atoms with Gasteiger partial charge in [0.25, 0.3) is 5.91 Å². The van der Waals surface area contributed by atoms with Gasteiger partial charge < -0.3 is 14.8 Å². The van der Waals surface area contributed by atoms with E-state index in [-0.39, 0.29) is 27.0 Å². The Balaban J connectivity index is 2.00. The van der Waals surface area contributed by atoms with E-state index in [1.54, 1.807) is 12.1 Å². The summed E-state index contributed by atoms with van der Waals surface area (Å²) in [7, 11) is 0. The molecular formula is C17H13Cl2F2NO4. The molecule has 0 spiro atoms. The summed E-state index contributed by atoms with van der Waals surface area (Å²) in [5.74, 6) is -1.61.